The first kappa shape index (κ1) is 19.3. The van der Waals surface area contributed by atoms with Crippen molar-refractivity contribution in [1.29, 1.82) is 0 Å². The number of benzene rings is 2. The second-order valence-electron chi connectivity index (χ2n) is 6.61. The third-order valence-electron chi connectivity index (χ3n) is 4.84. The molecule has 1 heterocycles. The highest BCUT2D eigenvalue weighted by Gasteiger charge is 2.30. The van der Waals surface area contributed by atoms with Crippen LogP contribution in [-0.4, -0.2) is 34.9 Å². The smallest absolute Gasteiger partial charge is 0.299 e. The molecular formula is C19H20N4O5. The maximum atomic E-state index is 12.3. The molecule has 0 saturated carbocycles. The number of carbonyl (C=O) groups excluding carboxylic acids is 1. The molecule has 28 heavy (non-hydrogen) atoms. The molecule has 1 amide bonds. The van der Waals surface area contributed by atoms with Gasteiger partial charge in [-0.15, -0.1) is 0 Å². The van der Waals surface area contributed by atoms with Crippen molar-refractivity contribution in [3.63, 3.8) is 0 Å². The minimum absolute atomic E-state index is 0.124. The average molecular weight is 384 g/mol. The molecule has 146 valence electrons. The van der Waals surface area contributed by atoms with Crippen LogP contribution >= 0.6 is 0 Å². The van der Waals surface area contributed by atoms with Gasteiger partial charge in [-0.1, -0.05) is 18.2 Å². The lowest BCUT2D eigenvalue weighted by Gasteiger charge is -2.37. The second kappa shape index (κ2) is 8.47. The van der Waals surface area contributed by atoms with Crippen LogP contribution in [0.1, 0.15) is 29.6 Å². The van der Waals surface area contributed by atoms with Crippen LogP contribution in [0.5, 0.6) is 0 Å². The molecule has 1 atom stereocenters. The summed E-state index contributed by atoms with van der Waals surface area (Å²) >= 11 is 0. The summed E-state index contributed by atoms with van der Waals surface area (Å²) in [6, 6.07) is 12.4. The third-order valence-corrected chi connectivity index (χ3v) is 4.84. The standard InChI is InChI=1S/C19H20N4O5/c24-19(14-6-2-1-3-7-14)20-13-16-8-4-5-11-21(16)17-10-9-15(22(25)26)12-18(17)23(27)28/h1-3,6-7,9-10,12,16H,4-5,8,11,13H2,(H,20,24). The Morgan fingerprint density at radius 3 is 2.50 bits per heavy atom. The van der Waals surface area contributed by atoms with Crippen LogP contribution in [0.2, 0.25) is 0 Å². The molecule has 2 aromatic rings. The predicted octanol–water partition coefficient (Wildman–Crippen LogP) is 3.29. The van der Waals surface area contributed by atoms with E-state index in [1.54, 1.807) is 24.3 Å². The first-order valence-electron chi connectivity index (χ1n) is 9.00. The molecule has 0 bridgehead atoms. The average Bonchev–Trinajstić information content (AvgIpc) is 2.72. The van der Waals surface area contributed by atoms with Crippen molar-refractivity contribution in [3.8, 4) is 0 Å². The van der Waals surface area contributed by atoms with Gasteiger partial charge in [-0.05, 0) is 37.5 Å². The molecule has 1 fully saturated rings. The van der Waals surface area contributed by atoms with Gasteiger partial charge in [0.05, 0.1) is 15.9 Å². The van der Waals surface area contributed by atoms with Crippen molar-refractivity contribution < 1.29 is 14.6 Å². The molecule has 0 aromatic heterocycles. The van der Waals surface area contributed by atoms with Crippen LogP contribution in [0.25, 0.3) is 0 Å². The number of nitrogens with zero attached hydrogens (tertiary/aromatic N) is 3. The highest BCUT2D eigenvalue weighted by atomic mass is 16.6. The van der Waals surface area contributed by atoms with E-state index >= 15 is 0 Å². The van der Waals surface area contributed by atoms with Gasteiger partial charge in [0.25, 0.3) is 17.3 Å². The second-order valence-corrected chi connectivity index (χ2v) is 6.61. The third kappa shape index (κ3) is 4.25. The summed E-state index contributed by atoms with van der Waals surface area (Å²) < 4.78 is 0. The molecule has 1 aliphatic heterocycles. The molecule has 0 spiro atoms. The van der Waals surface area contributed by atoms with Gasteiger partial charge in [-0.3, -0.25) is 25.0 Å². The van der Waals surface area contributed by atoms with Crippen molar-refractivity contribution in [2.75, 3.05) is 18.0 Å². The van der Waals surface area contributed by atoms with Crippen molar-refractivity contribution >= 4 is 23.0 Å². The van der Waals surface area contributed by atoms with Gasteiger partial charge < -0.3 is 10.2 Å². The maximum Gasteiger partial charge on any atom is 0.299 e. The van der Waals surface area contributed by atoms with E-state index in [1.165, 1.54) is 12.1 Å². The van der Waals surface area contributed by atoms with Gasteiger partial charge in [0.15, 0.2) is 0 Å². The lowest BCUT2D eigenvalue weighted by atomic mass is 10.00. The lowest BCUT2D eigenvalue weighted by molar-refractivity contribution is -0.393. The van der Waals surface area contributed by atoms with E-state index in [0.717, 1.165) is 25.3 Å². The van der Waals surface area contributed by atoms with Crippen LogP contribution < -0.4 is 10.2 Å². The summed E-state index contributed by atoms with van der Waals surface area (Å²) in [7, 11) is 0. The van der Waals surface area contributed by atoms with Crippen LogP contribution in [0, 0.1) is 20.2 Å². The Labute approximate surface area is 161 Å². The first-order chi connectivity index (χ1) is 13.5. The van der Waals surface area contributed by atoms with Gasteiger partial charge in [0, 0.05) is 30.8 Å². The molecule has 3 rings (SSSR count). The number of nitro benzene ring substituents is 2. The minimum Gasteiger partial charge on any atom is -0.361 e. The molecule has 1 unspecified atom stereocenters. The number of nitrogens with one attached hydrogen (secondary N) is 1. The minimum atomic E-state index is -0.648. The Morgan fingerprint density at radius 2 is 1.82 bits per heavy atom. The summed E-state index contributed by atoms with van der Waals surface area (Å²) in [6.45, 7) is 0.923. The Kier molecular flexibility index (Phi) is 5.83. The highest BCUT2D eigenvalue weighted by Crippen LogP contribution is 2.35. The summed E-state index contributed by atoms with van der Waals surface area (Å²) in [5, 5.41) is 25.3. The van der Waals surface area contributed by atoms with Gasteiger partial charge in [0.2, 0.25) is 0 Å². The fourth-order valence-corrected chi connectivity index (χ4v) is 3.45. The summed E-state index contributed by atoms with van der Waals surface area (Å²) in [4.78, 5) is 35.4. The number of hydrogen-bond donors (Lipinski definition) is 1. The van der Waals surface area contributed by atoms with E-state index in [4.69, 9.17) is 0 Å². The fraction of sp³-hybridized carbons (Fsp3) is 0.316. The number of piperidine rings is 1. The predicted molar refractivity (Wildman–Crippen MR) is 104 cm³/mol. The Hall–Kier alpha value is -3.49. The Balaban J connectivity index is 1.80. The summed E-state index contributed by atoms with van der Waals surface area (Å²) in [5.74, 6) is -0.204. The number of rotatable bonds is 6. The summed E-state index contributed by atoms with van der Waals surface area (Å²) in [5.41, 5.74) is 0.275. The van der Waals surface area contributed by atoms with E-state index in [2.05, 4.69) is 5.32 Å². The number of nitro groups is 2. The number of anilines is 1. The maximum absolute atomic E-state index is 12.3. The zero-order valence-corrected chi connectivity index (χ0v) is 15.1. The zero-order chi connectivity index (χ0) is 20.1. The molecule has 1 saturated heterocycles. The molecule has 0 radical (unpaired) electrons. The van der Waals surface area contributed by atoms with Crippen molar-refractivity contribution in [3.05, 3.63) is 74.3 Å². The zero-order valence-electron chi connectivity index (χ0n) is 15.1. The Morgan fingerprint density at radius 1 is 1.07 bits per heavy atom. The van der Waals surface area contributed by atoms with Gasteiger partial charge >= 0.3 is 0 Å². The quantitative estimate of drug-likeness (QED) is 0.603. The molecule has 0 aliphatic carbocycles. The van der Waals surface area contributed by atoms with Crippen molar-refractivity contribution in [2.24, 2.45) is 0 Å². The highest BCUT2D eigenvalue weighted by molar-refractivity contribution is 5.94. The SMILES string of the molecule is O=C(NCC1CCCCN1c1ccc([N+](=O)[O-])cc1[N+](=O)[O-])c1ccccc1. The fourth-order valence-electron chi connectivity index (χ4n) is 3.45. The van der Waals surface area contributed by atoms with Crippen LogP contribution in [0.4, 0.5) is 17.1 Å². The van der Waals surface area contributed by atoms with Gasteiger partial charge in [-0.25, -0.2) is 0 Å². The van der Waals surface area contributed by atoms with E-state index in [1.807, 2.05) is 11.0 Å². The normalized spacial score (nSPS) is 16.4. The van der Waals surface area contributed by atoms with E-state index in [-0.39, 0.29) is 23.3 Å². The Bertz CT molecular complexity index is 887. The van der Waals surface area contributed by atoms with Gasteiger partial charge in [0.1, 0.15) is 5.69 Å². The van der Waals surface area contributed by atoms with Crippen molar-refractivity contribution in [2.45, 2.75) is 25.3 Å². The largest absolute Gasteiger partial charge is 0.361 e. The van der Waals surface area contributed by atoms with E-state index < -0.39 is 9.85 Å². The van der Waals surface area contributed by atoms with Crippen molar-refractivity contribution in [1.82, 2.24) is 5.32 Å². The molecule has 9 heteroatoms. The molecule has 9 nitrogen and oxygen atoms in total. The molecule has 1 aliphatic rings. The van der Waals surface area contributed by atoms with E-state index in [0.29, 0.717) is 24.3 Å². The van der Waals surface area contributed by atoms with Gasteiger partial charge in [-0.2, -0.15) is 0 Å². The molecule has 2 aromatic carbocycles. The van der Waals surface area contributed by atoms with Crippen LogP contribution in [-0.2, 0) is 0 Å². The number of non-ortho nitro benzene ring substituents is 1. The first-order valence-corrected chi connectivity index (χ1v) is 9.00. The molecular weight excluding hydrogens is 364 g/mol. The lowest BCUT2D eigenvalue weighted by Crippen LogP contribution is -2.47. The monoisotopic (exact) mass is 384 g/mol. The number of amides is 1. The summed E-state index contributed by atoms with van der Waals surface area (Å²) in [6.07, 6.45) is 2.57. The number of carbonyl (C=O) groups is 1. The van der Waals surface area contributed by atoms with Crippen LogP contribution in [0.15, 0.2) is 48.5 Å². The molecule has 1 N–H and O–H groups in total. The van der Waals surface area contributed by atoms with E-state index in [9.17, 15) is 25.0 Å². The number of hydrogen-bond acceptors (Lipinski definition) is 6. The van der Waals surface area contributed by atoms with Crippen LogP contribution in [0.3, 0.4) is 0 Å². The topological polar surface area (TPSA) is 119 Å².